The van der Waals surface area contributed by atoms with E-state index >= 15 is 0 Å². The van der Waals surface area contributed by atoms with E-state index in [-0.39, 0.29) is 9.88 Å². The second-order valence-electron chi connectivity index (χ2n) is 4.25. The van der Waals surface area contributed by atoms with Gasteiger partial charge in [0.05, 0.1) is 4.90 Å². The molecule has 5 nitrogen and oxygen atoms in total. The predicted molar refractivity (Wildman–Crippen MR) is 83.4 cm³/mol. The quantitative estimate of drug-likeness (QED) is 0.745. The van der Waals surface area contributed by atoms with Crippen LogP contribution >= 0.6 is 12.2 Å². The van der Waals surface area contributed by atoms with E-state index in [1.807, 2.05) is 0 Å². The van der Waals surface area contributed by atoms with E-state index in [1.54, 1.807) is 6.07 Å². The smallest absolute Gasteiger partial charge is 0.238 e. The minimum absolute atomic E-state index is 0.0274. The first-order chi connectivity index (χ1) is 9.77. The van der Waals surface area contributed by atoms with Gasteiger partial charge in [-0.25, -0.2) is 17.9 Å². The molecule has 0 amide bonds. The van der Waals surface area contributed by atoms with Crippen molar-refractivity contribution < 1.29 is 12.8 Å². The van der Waals surface area contributed by atoms with Crippen molar-refractivity contribution >= 4 is 38.6 Å². The standard InChI is InChI=1S/C13H12FN3O2S2/c14-8-4-5-12(11(6-8)13(15)20)17-9-2-1-3-10(7-9)21(16,18)19/h1-7,17H,(H2,15,20)(H2,16,18,19). The average molecular weight is 325 g/mol. The van der Waals surface area contributed by atoms with Crippen LogP contribution in [0.5, 0.6) is 0 Å². The maximum absolute atomic E-state index is 13.2. The van der Waals surface area contributed by atoms with Crippen molar-refractivity contribution in [3.05, 3.63) is 53.8 Å². The fraction of sp³-hybridized carbons (Fsp3) is 0. The molecule has 5 N–H and O–H groups in total. The Kier molecular flexibility index (Phi) is 4.21. The van der Waals surface area contributed by atoms with Gasteiger partial charge in [0.2, 0.25) is 10.0 Å². The molecule has 2 rings (SSSR count). The lowest BCUT2D eigenvalue weighted by Crippen LogP contribution is -2.13. The van der Waals surface area contributed by atoms with Crippen LogP contribution in [-0.4, -0.2) is 13.4 Å². The Morgan fingerprint density at radius 2 is 1.90 bits per heavy atom. The molecule has 0 aliphatic rings. The Bertz CT molecular complexity index is 807. The number of nitrogens with two attached hydrogens (primary N) is 2. The number of hydrogen-bond acceptors (Lipinski definition) is 4. The van der Waals surface area contributed by atoms with Gasteiger partial charge in [0, 0.05) is 16.9 Å². The molecule has 2 aromatic carbocycles. The van der Waals surface area contributed by atoms with Gasteiger partial charge in [-0.3, -0.25) is 0 Å². The van der Waals surface area contributed by atoms with Crippen molar-refractivity contribution in [3.8, 4) is 0 Å². The third kappa shape index (κ3) is 3.75. The zero-order valence-electron chi connectivity index (χ0n) is 10.7. The van der Waals surface area contributed by atoms with Crippen molar-refractivity contribution in [2.24, 2.45) is 10.9 Å². The topological polar surface area (TPSA) is 98.2 Å². The minimum atomic E-state index is -3.80. The molecule has 0 unspecified atom stereocenters. The Labute approximate surface area is 126 Å². The largest absolute Gasteiger partial charge is 0.389 e. The van der Waals surface area contributed by atoms with Crippen LogP contribution in [0.3, 0.4) is 0 Å². The number of hydrogen-bond donors (Lipinski definition) is 3. The van der Waals surface area contributed by atoms with E-state index in [1.165, 1.54) is 36.4 Å². The maximum Gasteiger partial charge on any atom is 0.238 e. The summed E-state index contributed by atoms with van der Waals surface area (Å²) in [5.74, 6) is -0.471. The van der Waals surface area contributed by atoms with Crippen LogP contribution in [0.15, 0.2) is 47.4 Å². The SMILES string of the molecule is NC(=S)c1cc(F)ccc1Nc1cccc(S(N)(=O)=O)c1. The number of sulfonamides is 1. The van der Waals surface area contributed by atoms with Crippen LogP contribution in [0.1, 0.15) is 5.56 Å². The molecule has 0 spiro atoms. The van der Waals surface area contributed by atoms with Gasteiger partial charge in [-0.15, -0.1) is 0 Å². The molecule has 0 saturated heterocycles. The lowest BCUT2D eigenvalue weighted by molar-refractivity contribution is 0.598. The molecule has 2 aromatic rings. The van der Waals surface area contributed by atoms with E-state index in [9.17, 15) is 12.8 Å². The van der Waals surface area contributed by atoms with Crippen molar-refractivity contribution in [3.63, 3.8) is 0 Å². The first-order valence-electron chi connectivity index (χ1n) is 5.76. The number of primary sulfonamides is 1. The summed E-state index contributed by atoms with van der Waals surface area (Å²) in [7, 11) is -3.80. The monoisotopic (exact) mass is 325 g/mol. The highest BCUT2D eigenvalue weighted by Crippen LogP contribution is 2.23. The molecule has 0 aromatic heterocycles. The highest BCUT2D eigenvalue weighted by atomic mass is 32.2. The first kappa shape index (κ1) is 15.4. The molecule has 0 heterocycles. The van der Waals surface area contributed by atoms with Gasteiger partial charge in [-0.1, -0.05) is 18.3 Å². The molecule has 8 heteroatoms. The van der Waals surface area contributed by atoms with Crippen molar-refractivity contribution in [1.29, 1.82) is 0 Å². The van der Waals surface area contributed by atoms with Gasteiger partial charge >= 0.3 is 0 Å². The van der Waals surface area contributed by atoms with E-state index < -0.39 is 15.8 Å². The molecule has 0 aliphatic carbocycles. The van der Waals surface area contributed by atoms with Crippen LogP contribution in [0.2, 0.25) is 0 Å². The molecule has 0 bridgehead atoms. The molecule has 110 valence electrons. The number of halogens is 1. The van der Waals surface area contributed by atoms with Gasteiger partial charge in [0.1, 0.15) is 10.8 Å². The molecule has 0 aliphatic heterocycles. The fourth-order valence-electron chi connectivity index (χ4n) is 1.74. The van der Waals surface area contributed by atoms with Crippen molar-refractivity contribution in [2.75, 3.05) is 5.32 Å². The second-order valence-corrected chi connectivity index (χ2v) is 6.25. The molecule has 0 fully saturated rings. The minimum Gasteiger partial charge on any atom is -0.389 e. The van der Waals surface area contributed by atoms with Gasteiger partial charge < -0.3 is 11.1 Å². The summed E-state index contributed by atoms with van der Waals surface area (Å²) in [5.41, 5.74) is 6.80. The zero-order chi connectivity index (χ0) is 15.6. The number of thiocarbonyl (C=S) groups is 1. The summed E-state index contributed by atoms with van der Waals surface area (Å²) in [6.45, 7) is 0. The summed E-state index contributed by atoms with van der Waals surface area (Å²) in [5, 5.41) is 8.01. The fourth-order valence-corrected chi connectivity index (χ4v) is 2.46. The normalized spacial score (nSPS) is 11.1. The summed E-state index contributed by atoms with van der Waals surface area (Å²) >= 11 is 4.87. The highest BCUT2D eigenvalue weighted by molar-refractivity contribution is 7.89. The van der Waals surface area contributed by atoms with Gasteiger partial charge in [-0.05, 0) is 36.4 Å². The summed E-state index contributed by atoms with van der Waals surface area (Å²) < 4.78 is 35.9. The lowest BCUT2D eigenvalue weighted by atomic mass is 10.1. The average Bonchev–Trinajstić information content (AvgIpc) is 2.40. The lowest BCUT2D eigenvalue weighted by Gasteiger charge is -2.12. The van der Waals surface area contributed by atoms with Gasteiger partial charge in [0.25, 0.3) is 0 Å². The Balaban J connectivity index is 2.41. The van der Waals surface area contributed by atoms with Crippen LogP contribution in [-0.2, 0) is 10.0 Å². The Hall–Kier alpha value is -2.03. The second kappa shape index (κ2) is 5.76. The first-order valence-corrected chi connectivity index (χ1v) is 7.72. The third-order valence-corrected chi connectivity index (χ3v) is 3.82. The van der Waals surface area contributed by atoms with E-state index in [0.717, 1.165) is 0 Å². The van der Waals surface area contributed by atoms with E-state index in [4.69, 9.17) is 23.1 Å². The highest BCUT2D eigenvalue weighted by Gasteiger charge is 2.10. The molecular weight excluding hydrogens is 313 g/mol. The third-order valence-electron chi connectivity index (χ3n) is 2.69. The molecular formula is C13H12FN3O2S2. The van der Waals surface area contributed by atoms with E-state index in [0.29, 0.717) is 16.9 Å². The van der Waals surface area contributed by atoms with Crippen LogP contribution in [0.25, 0.3) is 0 Å². The molecule has 0 radical (unpaired) electrons. The van der Waals surface area contributed by atoms with E-state index in [2.05, 4.69) is 5.32 Å². The summed E-state index contributed by atoms with van der Waals surface area (Å²) in [4.78, 5) is -0.00825. The predicted octanol–water partition coefficient (Wildman–Crippen LogP) is 1.85. The van der Waals surface area contributed by atoms with Gasteiger partial charge in [-0.2, -0.15) is 0 Å². The number of nitrogens with one attached hydrogen (secondary N) is 1. The van der Waals surface area contributed by atoms with Crippen molar-refractivity contribution in [1.82, 2.24) is 0 Å². The number of anilines is 2. The Morgan fingerprint density at radius 3 is 2.52 bits per heavy atom. The summed E-state index contributed by atoms with van der Waals surface area (Å²) in [6, 6.07) is 9.82. The molecule has 0 atom stereocenters. The van der Waals surface area contributed by atoms with Crippen LogP contribution in [0, 0.1) is 5.82 Å². The van der Waals surface area contributed by atoms with Crippen LogP contribution in [0.4, 0.5) is 15.8 Å². The Morgan fingerprint density at radius 1 is 1.19 bits per heavy atom. The van der Waals surface area contributed by atoms with Gasteiger partial charge in [0.15, 0.2) is 0 Å². The summed E-state index contributed by atoms with van der Waals surface area (Å²) in [6.07, 6.45) is 0. The van der Waals surface area contributed by atoms with Crippen LogP contribution < -0.4 is 16.2 Å². The maximum atomic E-state index is 13.2. The molecule has 21 heavy (non-hydrogen) atoms. The number of rotatable bonds is 4. The zero-order valence-corrected chi connectivity index (χ0v) is 12.3. The number of benzene rings is 2. The van der Waals surface area contributed by atoms with Crippen molar-refractivity contribution in [2.45, 2.75) is 4.90 Å². The molecule has 0 saturated carbocycles.